The minimum absolute atomic E-state index is 0.909. The molecule has 0 fully saturated rings. The van der Waals surface area contributed by atoms with Gasteiger partial charge in [0.1, 0.15) is 11.2 Å². The van der Waals surface area contributed by atoms with Crippen molar-refractivity contribution in [1.82, 2.24) is 0 Å². The Morgan fingerprint density at radius 3 is 1.60 bits per heavy atom. The molecule has 0 bridgehead atoms. The van der Waals surface area contributed by atoms with Crippen LogP contribution in [0.2, 0.25) is 0 Å². The van der Waals surface area contributed by atoms with Crippen molar-refractivity contribution in [2.45, 2.75) is 0 Å². The smallest absolute Gasteiger partial charge is 0.136 e. The molecule has 0 aliphatic heterocycles. The van der Waals surface area contributed by atoms with E-state index < -0.39 is 0 Å². The average molecular weight is 547 g/mol. The van der Waals surface area contributed by atoms with E-state index in [1.807, 2.05) is 0 Å². The maximum Gasteiger partial charge on any atom is 0.136 e. The van der Waals surface area contributed by atoms with Crippen molar-refractivity contribution in [1.29, 1.82) is 0 Å². The fourth-order valence-electron chi connectivity index (χ4n) is 6.92. The molecule has 1 aromatic heterocycles. The molecule has 8 aromatic carbocycles. The Bertz CT molecular complexity index is 2430. The Morgan fingerprint density at radius 2 is 0.930 bits per heavy atom. The first-order valence-corrected chi connectivity index (χ1v) is 14.8. The standard InChI is InChI=1S/C42H26O/c1-3-12-27(13-4-1)29-22-23-30-26-39-37(25-31(30)24-29)42-36(20-11-21-38(42)43-39)41-34-18-9-7-16-32(34)40(28-14-5-2-6-15-28)33-17-8-10-19-35(33)41/h1-26H. The molecule has 0 N–H and O–H groups in total. The van der Waals surface area contributed by atoms with E-state index in [9.17, 15) is 0 Å². The van der Waals surface area contributed by atoms with E-state index in [0.29, 0.717) is 0 Å². The van der Waals surface area contributed by atoms with Crippen LogP contribution in [0.1, 0.15) is 0 Å². The monoisotopic (exact) mass is 546 g/mol. The number of furan rings is 1. The highest BCUT2D eigenvalue weighted by Crippen LogP contribution is 2.47. The van der Waals surface area contributed by atoms with Crippen LogP contribution in [0.5, 0.6) is 0 Å². The van der Waals surface area contributed by atoms with Crippen LogP contribution in [-0.2, 0) is 0 Å². The van der Waals surface area contributed by atoms with Gasteiger partial charge in [0, 0.05) is 10.8 Å². The molecule has 0 atom stereocenters. The second-order valence-corrected chi connectivity index (χ2v) is 11.3. The zero-order valence-electron chi connectivity index (χ0n) is 23.4. The molecular formula is C42H26O. The van der Waals surface area contributed by atoms with E-state index in [4.69, 9.17) is 4.42 Å². The SMILES string of the molecule is c1ccc(-c2ccc3cc4oc5cccc(-c6c7ccccc7c(-c7ccccc7)c7ccccc67)c5c4cc3c2)cc1. The molecule has 0 saturated heterocycles. The second kappa shape index (κ2) is 9.44. The number of hydrogen-bond donors (Lipinski definition) is 0. The van der Waals surface area contributed by atoms with Gasteiger partial charge in [-0.3, -0.25) is 0 Å². The van der Waals surface area contributed by atoms with Crippen LogP contribution >= 0.6 is 0 Å². The predicted molar refractivity (Wildman–Crippen MR) is 183 cm³/mol. The molecular weight excluding hydrogens is 520 g/mol. The van der Waals surface area contributed by atoms with Crippen LogP contribution in [0.4, 0.5) is 0 Å². The first-order valence-electron chi connectivity index (χ1n) is 14.8. The van der Waals surface area contributed by atoms with E-state index >= 15 is 0 Å². The Kier molecular flexibility index (Phi) is 5.27. The summed E-state index contributed by atoms with van der Waals surface area (Å²) in [7, 11) is 0. The topological polar surface area (TPSA) is 13.1 Å². The van der Waals surface area contributed by atoms with Crippen LogP contribution in [0.25, 0.3) is 87.6 Å². The van der Waals surface area contributed by atoms with Gasteiger partial charge in [-0.15, -0.1) is 0 Å². The molecule has 200 valence electrons. The molecule has 0 aliphatic carbocycles. The van der Waals surface area contributed by atoms with Crippen LogP contribution in [0, 0.1) is 0 Å². The summed E-state index contributed by atoms with van der Waals surface area (Å²) in [5.41, 5.74) is 9.21. The third kappa shape index (κ3) is 3.72. The van der Waals surface area contributed by atoms with Gasteiger partial charge >= 0.3 is 0 Å². The minimum atomic E-state index is 0.909. The summed E-state index contributed by atoms with van der Waals surface area (Å²) in [4.78, 5) is 0. The molecule has 9 rings (SSSR count). The number of hydrogen-bond acceptors (Lipinski definition) is 1. The van der Waals surface area contributed by atoms with Crippen molar-refractivity contribution < 1.29 is 4.42 Å². The first kappa shape index (κ1) is 24.0. The summed E-state index contributed by atoms with van der Waals surface area (Å²) in [6, 6.07) is 56.7. The maximum atomic E-state index is 6.55. The van der Waals surface area contributed by atoms with Gasteiger partial charge in [-0.25, -0.2) is 0 Å². The summed E-state index contributed by atoms with van der Waals surface area (Å²) in [6.45, 7) is 0. The average Bonchev–Trinajstić information content (AvgIpc) is 3.44. The van der Waals surface area contributed by atoms with Gasteiger partial charge in [-0.05, 0) is 90.0 Å². The molecule has 0 saturated carbocycles. The summed E-state index contributed by atoms with van der Waals surface area (Å²) in [5.74, 6) is 0. The quantitative estimate of drug-likeness (QED) is 0.201. The molecule has 0 unspecified atom stereocenters. The lowest BCUT2D eigenvalue weighted by Crippen LogP contribution is -1.91. The van der Waals surface area contributed by atoms with Gasteiger partial charge in [0.2, 0.25) is 0 Å². The Morgan fingerprint density at radius 1 is 0.326 bits per heavy atom. The zero-order valence-corrected chi connectivity index (χ0v) is 23.4. The number of rotatable bonds is 3. The molecule has 9 aromatic rings. The fraction of sp³-hybridized carbons (Fsp3) is 0. The Labute approximate surface area is 249 Å². The van der Waals surface area contributed by atoms with E-state index in [0.717, 1.165) is 21.9 Å². The van der Waals surface area contributed by atoms with Crippen LogP contribution < -0.4 is 0 Å². The van der Waals surface area contributed by atoms with Crippen molar-refractivity contribution in [3.05, 3.63) is 158 Å². The van der Waals surface area contributed by atoms with Crippen molar-refractivity contribution in [2.24, 2.45) is 0 Å². The van der Waals surface area contributed by atoms with Gasteiger partial charge in [0.15, 0.2) is 0 Å². The third-order valence-electron chi connectivity index (χ3n) is 8.82. The van der Waals surface area contributed by atoms with Gasteiger partial charge in [0.25, 0.3) is 0 Å². The second-order valence-electron chi connectivity index (χ2n) is 11.3. The van der Waals surface area contributed by atoms with Crippen molar-refractivity contribution >= 4 is 54.3 Å². The lowest BCUT2D eigenvalue weighted by molar-refractivity contribution is 0.669. The predicted octanol–water partition coefficient (Wildman–Crippen LogP) is 12.0. The highest BCUT2D eigenvalue weighted by atomic mass is 16.3. The first-order chi connectivity index (χ1) is 21.3. The third-order valence-corrected chi connectivity index (χ3v) is 8.82. The van der Waals surface area contributed by atoms with Gasteiger partial charge in [-0.1, -0.05) is 133 Å². The Hall–Kier alpha value is -5.66. The van der Waals surface area contributed by atoms with Crippen molar-refractivity contribution in [2.75, 3.05) is 0 Å². The molecule has 0 spiro atoms. The lowest BCUT2D eigenvalue weighted by atomic mass is 9.85. The van der Waals surface area contributed by atoms with E-state index in [1.165, 1.54) is 65.7 Å². The minimum Gasteiger partial charge on any atom is -0.456 e. The van der Waals surface area contributed by atoms with Gasteiger partial charge in [-0.2, -0.15) is 0 Å². The number of fused-ring (bicyclic) bond motifs is 6. The molecule has 43 heavy (non-hydrogen) atoms. The van der Waals surface area contributed by atoms with E-state index in [1.54, 1.807) is 0 Å². The molecule has 0 amide bonds. The largest absolute Gasteiger partial charge is 0.456 e. The van der Waals surface area contributed by atoms with Gasteiger partial charge < -0.3 is 4.42 Å². The highest BCUT2D eigenvalue weighted by Gasteiger charge is 2.20. The zero-order chi connectivity index (χ0) is 28.3. The number of benzene rings is 8. The summed E-state index contributed by atoms with van der Waals surface area (Å²) >= 11 is 0. The summed E-state index contributed by atoms with van der Waals surface area (Å²) in [6.07, 6.45) is 0. The molecule has 0 aliphatic rings. The highest BCUT2D eigenvalue weighted by molar-refractivity contribution is 6.26. The van der Waals surface area contributed by atoms with Crippen molar-refractivity contribution in [3.63, 3.8) is 0 Å². The maximum absolute atomic E-state index is 6.55. The van der Waals surface area contributed by atoms with Crippen LogP contribution in [-0.4, -0.2) is 0 Å². The Balaban J connectivity index is 1.38. The molecule has 0 radical (unpaired) electrons. The summed E-state index contributed by atoms with van der Waals surface area (Å²) < 4.78 is 6.55. The lowest BCUT2D eigenvalue weighted by Gasteiger charge is -2.18. The normalized spacial score (nSPS) is 11.7. The van der Waals surface area contributed by atoms with Crippen molar-refractivity contribution in [3.8, 4) is 33.4 Å². The van der Waals surface area contributed by atoms with E-state index in [-0.39, 0.29) is 0 Å². The van der Waals surface area contributed by atoms with Gasteiger partial charge in [0.05, 0.1) is 0 Å². The van der Waals surface area contributed by atoms with E-state index in [2.05, 4.69) is 158 Å². The molecule has 1 nitrogen and oxygen atoms in total. The summed E-state index contributed by atoms with van der Waals surface area (Å²) in [5, 5.41) is 9.69. The van der Waals surface area contributed by atoms with Crippen LogP contribution in [0.3, 0.4) is 0 Å². The molecule has 1 heterocycles. The fourth-order valence-corrected chi connectivity index (χ4v) is 6.92. The van der Waals surface area contributed by atoms with Crippen LogP contribution in [0.15, 0.2) is 162 Å². The molecule has 1 heteroatoms.